The molecule has 1 saturated heterocycles. The largest absolute Gasteiger partial charge is 0.312 e. The number of nitrogens with one attached hydrogen (secondary N) is 2. The minimum Gasteiger partial charge on any atom is -0.312 e. The molecule has 2 N–H and O–H groups in total. The summed E-state index contributed by atoms with van der Waals surface area (Å²) in [4.78, 5) is 11.6. The highest BCUT2D eigenvalue weighted by atomic mass is 16.1. The van der Waals surface area contributed by atoms with Gasteiger partial charge in [-0.15, -0.1) is 0 Å². The first kappa shape index (κ1) is 10.5. The second-order valence-electron chi connectivity index (χ2n) is 4.27. The molecule has 1 aromatic heterocycles. The smallest absolute Gasteiger partial charge is 0.266 e. The predicted molar refractivity (Wildman–Crippen MR) is 60.1 cm³/mol. The van der Waals surface area contributed by atoms with E-state index in [1.165, 1.54) is 12.8 Å². The van der Waals surface area contributed by atoms with E-state index in [4.69, 9.17) is 0 Å². The zero-order valence-electron chi connectivity index (χ0n) is 9.25. The van der Waals surface area contributed by atoms with Gasteiger partial charge in [-0.2, -0.15) is 0 Å². The molecule has 0 saturated carbocycles. The summed E-state index contributed by atoms with van der Waals surface area (Å²) in [6, 6.07) is 2.19. The molecule has 0 radical (unpaired) electrons. The first-order valence-electron chi connectivity index (χ1n) is 5.81. The van der Waals surface area contributed by atoms with Crippen molar-refractivity contribution in [3.05, 3.63) is 22.1 Å². The first-order valence-corrected chi connectivity index (χ1v) is 5.81. The van der Waals surface area contributed by atoms with E-state index in [1.807, 2.05) is 0 Å². The van der Waals surface area contributed by atoms with Crippen LogP contribution >= 0.6 is 0 Å². The van der Waals surface area contributed by atoms with E-state index in [1.54, 1.807) is 10.7 Å². The molecule has 4 nitrogen and oxygen atoms in total. The molecule has 1 aliphatic rings. The van der Waals surface area contributed by atoms with E-state index in [-0.39, 0.29) is 5.56 Å². The summed E-state index contributed by atoms with van der Waals surface area (Å²) in [5.41, 5.74) is 1.16. The van der Waals surface area contributed by atoms with Crippen LogP contribution in [0.15, 0.2) is 10.9 Å². The van der Waals surface area contributed by atoms with Crippen LogP contribution in [-0.2, 0) is 13.0 Å². The van der Waals surface area contributed by atoms with E-state index < -0.39 is 0 Å². The van der Waals surface area contributed by atoms with Crippen molar-refractivity contribution >= 4 is 0 Å². The summed E-state index contributed by atoms with van der Waals surface area (Å²) in [5, 5.41) is 6.57. The molecule has 1 aromatic rings. The number of nitrogens with zero attached hydrogens (tertiary/aromatic N) is 1. The minimum atomic E-state index is 0.104. The summed E-state index contributed by atoms with van der Waals surface area (Å²) < 4.78 is 1.73. The Morgan fingerprint density at radius 2 is 2.47 bits per heavy atom. The Kier molecular flexibility index (Phi) is 3.26. The van der Waals surface area contributed by atoms with Crippen LogP contribution in [-0.4, -0.2) is 22.4 Å². The maximum Gasteiger partial charge on any atom is 0.266 e. The second-order valence-corrected chi connectivity index (χ2v) is 4.27. The fraction of sp³-hybridized carbons (Fsp3) is 0.727. The molecule has 15 heavy (non-hydrogen) atoms. The van der Waals surface area contributed by atoms with Crippen LogP contribution in [0.25, 0.3) is 0 Å². The monoisotopic (exact) mass is 209 g/mol. The fourth-order valence-corrected chi connectivity index (χ4v) is 2.15. The highest BCUT2D eigenvalue weighted by Crippen LogP contribution is 2.06. The van der Waals surface area contributed by atoms with Gasteiger partial charge >= 0.3 is 0 Å². The Balaban J connectivity index is 2.03. The number of H-pyrrole nitrogens is 1. The third-order valence-electron chi connectivity index (χ3n) is 2.93. The van der Waals surface area contributed by atoms with Crippen LogP contribution in [0.5, 0.6) is 0 Å². The summed E-state index contributed by atoms with van der Waals surface area (Å²) in [7, 11) is 0. The molecule has 0 bridgehead atoms. The minimum absolute atomic E-state index is 0.104. The number of aromatic nitrogens is 2. The molecule has 2 heterocycles. The Labute approximate surface area is 89.7 Å². The van der Waals surface area contributed by atoms with Crippen molar-refractivity contribution in [3.63, 3.8) is 0 Å². The molecule has 0 aromatic carbocycles. The molecule has 1 aliphatic heterocycles. The lowest BCUT2D eigenvalue weighted by Crippen LogP contribution is -2.31. The lowest BCUT2D eigenvalue weighted by molar-refractivity contribution is 0.464. The number of hydrogen-bond donors (Lipinski definition) is 2. The quantitative estimate of drug-likeness (QED) is 0.773. The van der Waals surface area contributed by atoms with Crippen LogP contribution in [0.4, 0.5) is 0 Å². The molecular weight excluding hydrogens is 190 g/mol. The van der Waals surface area contributed by atoms with E-state index in [0.717, 1.165) is 31.6 Å². The Hall–Kier alpha value is -1.03. The van der Waals surface area contributed by atoms with Gasteiger partial charge in [0.1, 0.15) is 0 Å². The van der Waals surface area contributed by atoms with E-state index >= 15 is 0 Å². The number of aromatic amines is 1. The molecule has 1 fully saturated rings. The number of hydrogen-bond acceptors (Lipinski definition) is 2. The molecule has 2 rings (SSSR count). The second kappa shape index (κ2) is 4.66. The zero-order valence-corrected chi connectivity index (χ0v) is 9.25. The predicted octanol–water partition coefficient (Wildman–Crippen LogP) is 0.881. The average Bonchev–Trinajstić information content (AvgIpc) is 2.79. The molecule has 0 aliphatic carbocycles. The summed E-state index contributed by atoms with van der Waals surface area (Å²) >= 11 is 0. The van der Waals surface area contributed by atoms with Crippen molar-refractivity contribution in [1.29, 1.82) is 0 Å². The highest BCUT2D eigenvalue weighted by Gasteiger charge is 2.15. The molecule has 1 unspecified atom stereocenters. The Bertz CT molecular complexity index is 360. The molecule has 0 spiro atoms. The zero-order chi connectivity index (χ0) is 10.7. The van der Waals surface area contributed by atoms with Crippen LogP contribution in [0.3, 0.4) is 0 Å². The average molecular weight is 209 g/mol. The van der Waals surface area contributed by atoms with Gasteiger partial charge in [-0.3, -0.25) is 14.6 Å². The topological polar surface area (TPSA) is 49.8 Å². The van der Waals surface area contributed by atoms with E-state index in [0.29, 0.717) is 6.04 Å². The SMILES string of the molecule is CCCc1cc(=O)n(CC2CCCN2)[nH]1. The molecule has 84 valence electrons. The first-order chi connectivity index (χ1) is 7.29. The molecule has 0 amide bonds. The van der Waals surface area contributed by atoms with Gasteiger partial charge in [0.2, 0.25) is 0 Å². The van der Waals surface area contributed by atoms with Gasteiger partial charge in [0.25, 0.3) is 5.56 Å². The van der Waals surface area contributed by atoms with Crippen molar-refractivity contribution in [2.24, 2.45) is 0 Å². The van der Waals surface area contributed by atoms with Crippen molar-refractivity contribution < 1.29 is 0 Å². The Morgan fingerprint density at radius 3 is 3.13 bits per heavy atom. The van der Waals surface area contributed by atoms with Gasteiger partial charge < -0.3 is 5.32 Å². The number of aryl methyl sites for hydroxylation is 1. The van der Waals surface area contributed by atoms with E-state index in [2.05, 4.69) is 17.3 Å². The van der Waals surface area contributed by atoms with Crippen molar-refractivity contribution in [3.8, 4) is 0 Å². The van der Waals surface area contributed by atoms with Crippen LogP contribution in [0.2, 0.25) is 0 Å². The summed E-state index contributed by atoms with van der Waals surface area (Å²) in [6.45, 7) is 3.98. The normalized spacial score (nSPS) is 21.0. The fourth-order valence-electron chi connectivity index (χ4n) is 2.15. The summed E-state index contributed by atoms with van der Waals surface area (Å²) in [5.74, 6) is 0. The van der Waals surface area contributed by atoms with Crippen molar-refractivity contribution in [1.82, 2.24) is 15.1 Å². The van der Waals surface area contributed by atoms with Crippen LogP contribution in [0, 0.1) is 0 Å². The maximum atomic E-state index is 11.6. The lowest BCUT2D eigenvalue weighted by atomic mass is 10.2. The molecule has 1 atom stereocenters. The van der Waals surface area contributed by atoms with Crippen LogP contribution < -0.4 is 10.9 Å². The standard InChI is InChI=1S/C11H19N3O/c1-2-4-9-7-11(15)14(13-9)8-10-5-3-6-12-10/h7,10,12-13H,2-6,8H2,1H3. The van der Waals surface area contributed by atoms with Crippen LogP contribution in [0.1, 0.15) is 31.9 Å². The van der Waals surface area contributed by atoms with Gasteiger partial charge in [0.05, 0.1) is 6.54 Å². The van der Waals surface area contributed by atoms with Gasteiger partial charge in [0.15, 0.2) is 0 Å². The number of rotatable bonds is 4. The summed E-state index contributed by atoms with van der Waals surface area (Å²) in [6.07, 6.45) is 4.43. The van der Waals surface area contributed by atoms with Gasteiger partial charge in [0, 0.05) is 17.8 Å². The highest BCUT2D eigenvalue weighted by molar-refractivity contribution is 4.99. The maximum absolute atomic E-state index is 11.6. The van der Waals surface area contributed by atoms with Crippen molar-refractivity contribution in [2.45, 2.75) is 45.2 Å². The molecular formula is C11H19N3O. The van der Waals surface area contributed by atoms with Gasteiger partial charge in [-0.05, 0) is 25.8 Å². The van der Waals surface area contributed by atoms with Crippen molar-refractivity contribution in [2.75, 3.05) is 6.54 Å². The Morgan fingerprint density at radius 1 is 1.60 bits per heavy atom. The third kappa shape index (κ3) is 2.50. The van der Waals surface area contributed by atoms with E-state index in [9.17, 15) is 4.79 Å². The third-order valence-corrected chi connectivity index (χ3v) is 2.93. The lowest BCUT2D eigenvalue weighted by Gasteiger charge is -2.09. The van der Waals surface area contributed by atoms with Gasteiger partial charge in [-0.1, -0.05) is 13.3 Å². The molecule has 4 heteroatoms. The van der Waals surface area contributed by atoms with Gasteiger partial charge in [-0.25, -0.2) is 0 Å².